The number of pyridine rings is 1. The molecule has 1 aromatic carbocycles. The minimum absolute atomic E-state index is 0.131. The van der Waals surface area contributed by atoms with Gasteiger partial charge in [0.25, 0.3) is 0 Å². The molecular weight excluding hydrogens is 300 g/mol. The van der Waals surface area contributed by atoms with E-state index < -0.39 is 0 Å². The number of hydrogen-bond donors (Lipinski definition) is 2. The third-order valence-corrected chi connectivity index (χ3v) is 3.42. The number of aryl methyl sites for hydroxylation is 1. The Morgan fingerprint density at radius 3 is 2.21 bits per heavy atom. The van der Waals surface area contributed by atoms with E-state index in [9.17, 15) is 0 Å². The Morgan fingerprint density at radius 2 is 1.67 bits per heavy atom. The van der Waals surface area contributed by atoms with Crippen molar-refractivity contribution in [1.82, 2.24) is 15.6 Å². The number of nitrogens with zero attached hydrogens (tertiary/aromatic N) is 2. The average molecular weight is 326 g/mol. The predicted molar refractivity (Wildman–Crippen MR) is 98.2 cm³/mol. The number of benzene rings is 1. The first kappa shape index (κ1) is 17.8. The standard InChI is InChI=1S/C19H26N4O/c1-14(2)24-18-10-9-17(12-21-18)13-23-19(20-4)22-11-16-7-5-15(3)6-8-16/h5-10,12,14H,11,13H2,1-4H3,(H2,20,22,23). The van der Waals surface area contributed by atoms with Crippen LogP contribution in [0.2, 0.25) is 0 Å². The third-order valence-electron chi connectivity index (χ3n) is 3.42. The lowest BCUT2D eigenvalue weighted by molar-refractivity contribution is 0.232. The summed E-state index contributed by atoms with van der Waals surface area (Å²) >= 11 is 0. The summed E-state index contributed by atoms with van der Waals surface area (Å²) in [6.45, 7) is 7.45. The van der Waals surface area contributed by atoms with Crippen molar-refractivity contribution in [3.8, 4) is 5.88 Å². The molecule has 0 aliphatic carbocycles. The molecule has 128 valence electrons. The van der Waals surface area contributed by atoms with Gasteiger partial charge in [0.1, 0.15) is 0 Å². The van der Waals surface area contributed by atoms with Crippen molar-refractivity contribution < 1.29 is 4.74 Å². The van der Waals surface area contributed by atoms with Crippen LogP contribution in [-0.4, -0.2) is 24.1 Å². The SMILES string of the molecule is CN=C(NCc1ccc(C)cc1)NCc1ccc(OC(C)C)nc1. The van der Waals surface area contributed by atoms with Gasteiger partial charge in [-0.3, -0.25) is 4.99 Å². The molecule has 0 atom stereocenters. The summed E-state index contributed by atoms with van der Waals surface area (Å²) in [5, 5.41) is 6.59. The van der Waals surface area contributed by atoms with Crippen molar-refractivity contribution in [3.05, 3.63) is 59.3 Å². The van der Waals surface area contributed by atoms with E-state index in [-0.39, 0.29) is 6.10 Å². The maximum Gasteiger partial charge on any atom is 0.213 e. The second-order valence-electron chi connectivity index (χ2n) is 5.94. The van der Waals surface area contributed by atoms with Crippen LogP contribution in [0.25, 0.3) is 0 Å². The highest BCUT2D eigenvalue weighted by Crippen LogP contribution is 2.09. The molecule has 0 spiro atoms. The Balaban J connectivity index is 1.81. The normalized spacial score (nSPS) is 11.5. The summed E-state index contributed by atoms with van der Waals surface area (Å²) in [6, 6.07) is 12.4. The highest BCUT2D eigenvalue weighted by atomic mass is 16.5. The van der Waals surface area contributed by atoms with Gasteiger partial charge in [-0.2, -0.15) is 0 Å². The summed E-state index contributed by atoms with van der Waals surface area (Å²) in [5.74, 6) is 1.41. The quantitative estimate of drug-likeness (QED) is 0.633. The van der Waals surface area contributed by atoms with Crippen LogP contribution in [0.15, 0.2) is 47.6 Å². The van der Waals surface area contributed by atoms with Crippen LogP contribution in [0.5, 0.6) is 5.88 Å². The van der Waals surface area contributed by atoms with E-state index in [1.165, 1.54) is 11.1 Å². The summed E-state index contributed by atoms with van der Waals surface area (Å²) in [5.41, 5.74) is 3.56. The number of aliphatic imine (C=N–C) groups is 1. The molecule has 0 saturated heterocycles. The molecular formula is C19H26N4O. The van der Waals surface area contributed by atoms with E-state index in [1.807, 2.05) is 32.2 Å². The van der Waals surface area contributed by atoms with E-state index in [2.05, 4.69) is 51.8 Å². The first-order valence-electron chi connectivity index (χ1n) is 8.18. The highest BCUT2D eigenvalue weighted by Gasteiger charge is 2.02. The van der Waals surface area contributed by atoms with E-state index in [0.717, 1.165) is 18.1 Å². The Kier molecular flexibility index (Phi) is 6.61. The van der Waals surface area contributed by atoms with Gasteiger partial charge in [0.05, 0.1) is 6.10 Å². The van der Waals surface area contributed by atoms with Gasteiger partial charge < -0.3 is 15.4 Å². The molecule has 0 aliphatic heterocycles. The lowest BCUT2D eigenvalue weighted by Crippen LogP contribution is -2.36. The Hall–Kier alpha value is -2.56. The van der Waals surface area contributed by atoms with Crippen LogP contribution in [0.1, 0.15) is 30.5 Å². The molecule has 0 saturated carbocycles. The summed E-state index contributed by atoms with van der Waals surface area (Å²) < 4.78 is 5.54. The molecule has 5 nitrogen and oxygen atoms in total. The zero-order chi connectivity index (χ0) is 17.4. The van der Waals surface area contributed by atoms with Gasteiger partial charge in [-0.1, -0.05) is 35.9 Å². The van der Waals surface area contributed by atoms with E-state index in [0.29, 0.717) is 12.4 Å². The molecule has 2 N–H and O–H groups in total. The molecule has 1 aromatic heterocycles. The second kappa shape index (κ2) is 8.91. The lowest BCUT2D eigenvalue weighted by atomic mass is 10.1. The molecule has 0 radical (unpaired) electrons. The van der Waals surface area contributed by atoms with Crippen molar-refractivity contribution in [3.63, 3.8) is 0 Å². The predicted octanol–water partition coefficient (Wildman–Crippen LogP) is 3.04. The van der Waals surface area contributed by atoms with Crippen molar-refractivity contribution in [2.75, 3.05) is 7.05 Å². The zero-order valence-electron chi connectivity index (χ0n) is 14.8. The summed E-state index contributed by atoms with van der Waals surface area (Å²) in [6.07, 6.45) is 1.95. The van der Waals surface area contributed by atoms with Crippen LogP contribution in [0.4, 0.5) is 0 Å². The maximum absolute atomic E-state index is 5.54. The molecule has 1 heterocycles. The molecule has 0 bridgehead atoms. The number of nitrogens with one attached hydrogen (secondary N) is 2. The molecule has 0 amide bonds. The summed E-state index contributed by atoms with van der Waals surface area (Å²) in [4.78, 5) is 8.54. The second-order valence-corrected chi connectivity index (χ2v) is 5.94. The fraction of sp³-hybridized carbons (Fsp3) is 0.368. The van der Waals surface area contributed by atoms with Crippen molar-refractivity contribution >= 4 is 5.96 Å². The monoisotopic (exact) mass is 326 g/mol. The van der Waals surface area contributed by atoms with Crippen LogP contribution >= 0.6 is 0 Å². The minimum Gasteiger partial charge on any atom is -0.475 e. The fourth-order valence-electron chi connectivity index (χ4n) is 2.12. The topological polar surface area (TPSA) is 58.5 Å². The molecule has 0 fully saturated rings. The maximum atomic E-state index is 5.54. The van der Waals surface area contributed by atoms with Gasteiger partial charge in [-0.25, -0.2) is 4.98 Å². The first-order valence-corrected chi connectivity index (χ1v) is 8.18. The van der Waals surface area contributed by atoms with Crippen molar-refractivity contribution in [2.45, 2.75) is 40.0 Å². The van der Waals surface area contributed by atoms with E-state index >= 15 is 0 Å². The van der Waals surface area contributed by atoms with Crippen LogP contribution < -0.4 is 15.4 Å². The number of aromatic nitrogens is 1. The number of rotatable bonds is 6. The summed E-state index contributed by atoms with van der Waals surface area (Å²) in [7, 11) is 1.77. The molecule has 2 aromatic rings. The Morgan fingerprint density at radius 1 is 1.04 bits per heavy atom. The molecule has 0 aliphatic rings. The van der Waals surface area contributed by atoms with Crippen LogP contribution in [0, 0.1) is 6.92 Å². The lowest BCUT2D eigenvalue weighted by Gasteiger charge is -2.13. The molecule has 24 heavy (non-hydrogen) atoms. The van der Waals surface area contributed by atoms with Crippen molar-refractivity contribution in [1.29, 1.82) is 0 Å². The molecule has 5 heteroatoms. The number of hydrogen-bond acceptors (Lipinski definition) is 3. The van der Waals surface area contributed by atoms with Crippen LogP contribution in [0.3, 0.4) is 0 Å². The van der Waals surface area contributed by atoms with Gasteiger partial charge >= 0.3 is 0 Å². The van der Waals surface area contributed by atoms with Gasteiger partial charge in [-0.15, -0.1) is 0 Å². The minimum atomic E-state index is 0.131. The zero-order valence-corrected chi connectivity index (χ0v) is 14.8. The van der Waals surface area contributed by atoms with Crippen LogP contribution in [-0.2, 0) is 13.1 Å². The molecule has 2 rings (SSSR count). The molecule has 0 unspecified atom stereocenters. The number of guanidine groups is 1. The Labute approximate surface area is 144 Å². The Bertz CT molecular complexity index is 648. The van der Waals surface area contributed by atoms with Crippen molar-refractivity contribution in [2.24, 2.45) is 4.99 Å². The average Bonchev–Trinajstić information content (AvgIpc) is 2.57. The van der Waals surface area contributed by atoms with Gasteiger partial charge in [0, 0.05) is 32.4 Å². The van der Waals surface area contributed by atoms with Gasteiger partial charge in [0.15, 0.2) is 5.96 Å². The first-order chi connectivity index (χ1) is 11.6. The van der Waals surface area contributed by atoms with Gasteiger partial charge in [0.2, 0.25) is 5.88 Å². The fourth-order valence-corrected chi connectivity index (χ4v) is 2.12. The number of ether oxygens (including phenoxy) is 1. The van der Waals surface area contributed by atoms with E-state index in [4.69, 9.17) is 4.74 Å². The highest BCUT2D eigenvalue weighted by molar-refractivity contribution is 5.79. The largest absolute Gasteiger partial charge is 0.475 e. The van der Waals surface area contributed by atoms with Gasteiger partial charge in [-0.05, 0) is 31.9 Å². The smallest absolute Gasteiger partial charge is 0.213 e. The third kappa shape index (κ3) is 5.91. The van der Waals surface area contributed by atoms with E-state index in [1.54, 1.807) is 7.05 Å².